The van der Waals surface area contributed by atoms with Gasteiger partial charge in [0.15, 0.2) is 6.10 Å². The number of aliphatic hydroxyl groups excluding tert-OH is 2. The highest BCUT2D eigenvalue weighted by molar-refractivity contribution is 5.70. The lowest BCUT2D eigenvalue weighted by Gasteiger charge is -2.41. The van der Waals surface area contributed by atoms with E-state index < -0.39 is 47.7 Å². The van der Waals surface area contributed by atoms with Crippen LogP contribution in [-0.2, 0) is 28.5 Å². The molecule has 0 bridgehead atoms. The maximum Gasteiger partial charge on any atom is 0.410 e. The highest BCUT2D eigenvalue weighted by Gasteiger charge is 2.47. The van der Waals surface area contributed by atoms with Crippen molar-refractivity contribution in [3.63, 3.8) is 0 Å². The fraction of sp³-hybridized carbons (Fsp3) is 0.795. The summed E-state index contributed by atoms with van der Waals surface area (Å²) in [6, 6.07) is 0.427. The van der Waals surface area contributed by atoms with Crippen LogP contribution in [-0.4, -0.2) is 138 Å². The van der Waals surface area contributed by atoms with Gasteiger partial charge in [0.2, 0.25) is 0 Å². The van der Waals surface area contributed by atoms with E-state index in [9.17, 15) is 24.9 Å². The number of morpholine rings is 1. The molecule has 0 aromatic carbocycles. The Morgan fingerprint density at radius 2 is 1.86 bits per heavy atom. The summed E-state index contributed by atoms with van der Waals surface area (Å²) in [6.07, 6.45) is 8.74. The molecule has 12 heteroatoms. The first-order chi connectivity index (χ1) is 24.2. The van der Waals surface area contributed by atoms with Crippen molar-refractivity contribution in [2.75, 3.05) is 46.5 Å². The molecule has 3 fully saturated rings. The number of hydrogen-bond donors (Lipinski definition) is 3. The summed E-state index contributed by atoms with van der Waals surface area (Å²) in [6.45, 7) is 15.8. The number of likely N-dealkylation sites (tertiary alicyclic amines) is 1. The van der Waals surface area contributed by atoms with E-state index in [2.05, 4.69) is 4.90 Å². The summed E-state index contributed by atoms with van der Waals surface area (Å²) in [7, 11) is 1.57. The zero-order chi connectivity index (χ0) is 37.3. The number of hydrogen-bond acceptors (Lipinski definition) is 11. The highest BCUT2D eigenvalue weighted by Crippen LogP contribution is 2.38. The van der Waals surface area contributed by atoms with Crippen molar-refractivity contribution < 1.29 is 48.6 Å². The summed E-state index contributed by atoms with van der Waals surface area (Å²) < 4.78 is 29.3. The van der Waals surface area contributed by atoms with Crippen LogP contribution in [0.15, 0.2) is 36.0 Å². The van der Waals surface area contributed by atoms with Crippen LogP contribution in [0.25, 0.3) is 0 Å². The average molecular weight is 721 g/mol. The molecule has 4 heterocycles. The van der Waals surface area contributed by atoms with E-state index in [1.807, 2.05) is 52.8 Å². The van der Waals surface area contributed by atoms with Gasteiger partial charge in [-0.2, -0.15) is 0 Å². The van der Waals surface area contributed by atoms with Crippen LogP contribution >= 0.6 is 0 Å². The number of methoxy groups -OCH3 is 1. The van der Waals surface area contributed by atoms with Gasteiger partial charge in [-0.1, -0.05) is 45.1 Å². The van der Waals surface area contributed by atoms with Gasteiger partial charge >= 0.3 is 12.1 Å². The molecule has 290 valence electrons. The fourth-order valence-corrected chi connectivity index (χ4v) is 7.55. The van der Waals surface area contributed by atoms with E-state index in [4.69, 9.17) is 23.7 Å². The number of epoxide rings is 1. The number of ether oxygens (including phenoxy) is 5. The van der Waals surface area contributed by atoms with Crippen LogP contribution in [0, 0.1) is 11.8 Å². The molecule has 0 aromatic heterocycles. The number of amides is 1. The van der Waals surface area contributed by atoms with Gasteiger partial charge in [-0.05, 0) is 64.5 Å². The first kappa shape index (κ1) is 41.4. The van der Waals surface area contributed by atoms with Crippen LogP contribution in [0.1, 0.15) is 86.5 Å². The Balaban J connectivity index is 1.45. The molecule has 0 aromatic rings. The Morgan fingerprint density at radius 1 is 1.18 bits per heavy atom. The van der Waals surface area contributed by atoms with E-state index in [1.165, 1.54) is 0 Å². The molecule has 0 spiro atoms. The number of cyclic esters (lactones) is 1. The number of piperidine rings is 1. The predicted octanol–water partition coefficient (Wildman–Crippen LogP) is 4.16. The van der Waals surface area contributed by atoms with Gasteiger partial charge in [-0.3, -0.25) is 9.69 Å². The lowest BCUT2D eigenvalue weighted by molar-refractivity contribution is -0.151. The number of carbonyl (C=O) groups excluding carboxylic acids is 2. The SMILES string of the molecule is CCC(O)C(C)C1OC1CC(C)(O)/C=C/C=C(\C)C1OC(=O)CC(O)CCC(C)(OC)C(OC(=O)N2CCC(N3CCOCC3)CC2)/C=C/C1C. The normalized spacial score (nSPS) is 35.2. The molecule has 10 atom stereocenters. The standard InChI is InChI=1S/C39H64N2O10/c1-8-31(43)28(4)36-32(49-36)25-38(5,46)16-9-10-26(2)35-27(3)11-12-33(39(6,47-7)17-13-30(42)24-34(44)51-35)50-37(45)41-18-14-29(15-19-41)40-20-22-48-23-21-40/h9-12,16,27-33,35-36,42-43,46H,8,13-15,17-25H2,1-7H3/b12-11+,16-9+,26-10+. The van der Waals surface area contributed by atoms with Crippen molar-refractivity contribution in [2.24, 2.45) is 11.8 Å². The van der Waals surface area contributed by atoms with Crippen molar-refractivity contribution in [2.45, 2.75) is 140 Å². The third-order valence-electron chi connectivity index (χ3n) is 11.3. The second-order valence-electron chi connectivity index (χ2n) is 15.5. The van der Waals surface area contributed by atoms with Gasteiger partial charge in [0.1, 0.15) is 11.7 Å². The van der Waals surface area contributed by atoms with Gasteiger partial charge < -0.3 is 43.9 Å². The molecule has 0 aliphatic carbocycles. The Hall–Kier alpha value is -2.32. The van der Waals surface area contributed by atoms with Gasteiger partial charge in [0.25, 0.3) is 0 Å². The summed E-state index contributed by atoms with van der Waals surface area (Å²) in [5.74, 6) is -0.844. The van der Waals surface area contributed by atoms with Crippen LogP contribution in [0.2, 0.25) is 0 Å². The average Bonchev–Trinajstić information content (AvgIpc) is 3.88. The van der Waals surface area contributed by atoms with Crippen LogP contribution in [0.4, 0.5) is 4.79 Å². The molecule has 4 aliphatic heterocycles. The number of rotatable bonds is 11. The topological polar surface area (TPSA) is 151 Å². The smallest absolute Gasteiger partial charge is 0.410 e. The highest BCUT2D eigenvalue weighted by atomic mass is 16.6. The zero-order valence-corrected chi connectivity index (χ0v) is 31.9. The Bertz CT molecular complexity index is 1220. The van der Waals surface area contributed by atoms with Crippen molar-refractivity contribution in [1.82, 2.24) is 9.80 Å². The molecule has 3 N–H and O–H groups in total. The van der Waals surface area contributed by atoms with Gasteiger partial charge in [-0.25, -0.2) is 4.79 Å². The van der Waals surface area contributed by atoms with E-state index in [0.29, 0.717) is 38.4 Å². The first-order valence-corrected chi connectivity index (χ1v) is 19.0. The molecular weight excluding hydrogens is 656 g/mol. The van der Waals surface area contributed by atoms with Gasteiger partial charge in [-0.15, -0.1) is 0 Å². The van der Waals surface area contributed by atoms with Crippen molar-refractivity contribution in [1.29, 1.82) is 0 Å². The van der Waals surface area contributed by atoms with Crippen LogP contribution < -0.4 is 0 Å². The third-order valence-corrected chi connectivity index (χ3v) is 11.3. The number of nitrogens with zero attached hydrogens (tertiary/aromatic N) is 2. The van der Waals surface area contributed by atoms with Gasteiger partial charge in [0.05, 0.1) is 49.7 Å². The maximum atomic E-state index is 13.6. The monoisotopic (exact) mass is 720 g/mol. The zero-order valence-electron chi connectivity index (χ0n) is 31.9. The molecule has 1 amide bonds. The van der Waals surface area contributed by atoms with Gasteiger partial charge in [0, 0.05) is 57.6 Å². The van der Waals surface area contributed by atoms with E-state index in [1.54, 1.807) is 31.1 Å². The number of esters is 1. The summed E-state index contributed by atoms with van der Waals surface area (Å²) >= 11 is 0. The first-order valence-electron chi connectivity index (χ1n) is 19.0. The Labute approximate surface area is 304 Å². The third kappa shape index (κ3) is 11.8. The molecule has 0 radical (unpaired) electrons. The molecule has 10 unspecified atom stereocenters. The number of aliphatic hydroxyl groups is 3. The minimum absolute atomic E-state index is 0.00580. The summed E-state index contributed by atoms with van der Waals surface area (Å²) in [4.78, 5) is 30.8. The van der Waals surface area contributed by atoms with Crippen molar-refractivity contribution in [3.05, 3.63) is 36.0 Å². The van der Waals surface area contributed by atoms with E-state index in [-0.39, 0.29) is 36.9 Å². The van der Waals surface area contributed by atoms with Crippen molar-refractivity contribution >= 4 is 12.1 Å². The lowest BCUT2D eigenvalue weighted by Crippen LogP contribution is -2.51. The summed E-state index contributed by atoms with van der Waals surface area (Å²) in [5.41, 5.74) is -1.36. The molecular formula is C39H64N2O10. The minimum Gasteiger partial charge on any atom is -0.457 e. The minimum atomic E-state index is -1.15. The molecule has 12 nitrogen and oxygen atoms in total. The van der Waals surface area contributed by atoms with Crippen LogP contribution in [0.3, 0.4) is 0 Å². The molecule has 51 heavy (non-hydrogen) atoms. The second kappa shape index (κ2) is 18.6. The Morgan fingerprint density at radius 3 is 2.51 bits per heavy atom. The maximum absolute atomic E-state index is 13.6. The second-order valence-corrected chi connectivity index (χ2v) is 15.5. The molecule has 0 saturated carbocycles. The van der Waals surface area contributed by atoms with Crippen molar-refractivity contribution in [3.8, 4) is 0 Å². The van der Waals surface area contributed by atoms with E-state index in [0.717, 1.165) is 44.7 Å². The summed E-state index contributed by atoms with van der Waals surface area (Å²) in [5, 5.41) is 32.1. The quantitative estimate of drug-likeness (QED) is 0.122. The Kier molecular flexibility index (Phi) is 15.1. The van der Waals surface area contributed by atoms with E-state index >= 15 is 0 Å². The number of carbonyl (C=O) groups is 2. The molecule has 3 saturated heterocycles. The lowest BCUT2D eigenvalue weighted by atomic mass is 9.88. The van der Waals surface area contributed by atoms with Crippen LogP contribution in [0.5, 0.6) is 0 Å². The molecule has 4 rings (SSSR count). The number of allylic oxidation sites excluding steroid dienone is 2. The molecule has 4 aliphatic rings. The largest absolute Gasteiger partial charge is 0.457 e. The fourth-order valence-electron chi connectivity index (χ4n) is 7.55. The predicted molar refractivity (Wildman–Crippen MR) is 193 cm³/mol.